The van der Waals surface area contributed by atoms with Gasteiger partial charge in [-0.3, -0.25) is 4.57 Å². The number of benzene rings is 8. The summed E-state index contributed by atoms with van der Waals surface area (Å²) in [4.78, 5) is 13.1. The molecule has 1 aliphatic carbocycles. The Morgan fingerprint density at radius 3 is 1.58 bits per heavy atom. The fourth-order valence-electron chi connectivity index (χ4n) is 9.77. The summed E-state index contributed by atoms with van der Waals surface area (Å²) in [5.41, 5.74) is 16.6. The van der Waals surface area contributed by atoms with Crippen molar-refractivity contribution in [3.8, 4) is 39.6 Å². The summed E-state index contributed by atoms with van der Waals surface area (Å²) in [6.07, 6.45) is 0. The molecule has 0 N–H and O–H groups in total. The quantitative estimate of drug-likeness (QED) is 0.181. The number of anilines is 3. The lowest BCUT2D eigenvalue weighted by Gasteiger charge is -2.45. The van der Waals surface area contributed by atoms with Crippen molar-refractivity contribution < 1.29 is 0 Å². The van der Waals surface area contributed by atoms with Gasteiger partial charge >= 0.3 is 0 Å². The maximum atomic E-state index is 5.34. The first-order chi connectivity index (χ1) is 28.3. The minimum Gasteiger partial charge on any atom is -0.310 e. The smallest absolute Gasteiger partial charge is 0.235 e. The van der Waals surface area contributed by atoms with E-state index in [-0.39, 0.29) is 0 Å². The molecule has 0 radical (unpaired) electrons. The molecule has 12 rings (SSSR count). The van der Waals surface area contributed by atoms with Gasteiger partial charge in [-0.2, -0.15) is 0 Å². The van der Waals surface area contributed by atoms with Crippen LogP contribution in [0, 0.1) is 0 Å². The van der Waals surface area contributed by atoms with E-state index in [0.29, 0.717) is 5.95 Å². The molecule has 266 valence electrons. The zero-order chi connectivity index (χ0) is 37.5. The summed E-state index contributed by atoms with van der Waals surface area (Å²) in [7, 11) is 0. The summed E-state index contributed by atoms with van der Waals surface area (Å²) in [5.74, 6) is 0.647. The third kappa shape index (κ3) is 4.44. The van der Waals surface area contributed by atoms with E-state index in [1.807, 2.05) is 12.1 Å². The monoisotopic (exact) mass is 726 g/mol. The number of para-hydroxylation sites is 4. The first-order valence-electron chi connectivity index (χ1n) is 19.5. The molecule has 10 aromatic rings. The lowest BCUT2D eigenvalue weighted by Crippen LogP contribution is -2.36. The van der Waals surface area contributed by atoms with Gasteiger partial charge in [0.15, 0.2) is 0 Å². The molecular weight excluding hydrogens is 693 g/mol. The summed E-state index contributed by atoms with van der Waals surface area (Å²) in [5, 5.41) is 2.39. The second-order valence-electron chi connectivity index (χ2n) is 14.9. The van der Waals surface area contributed by atoms with Crippen LogP contribution in [-0.2, 0) is 5.41 Å². The van der Waals surface area contributed by atoms with Crippen LogP contribution in [0.1, 0.15) is 22.3 Å². The molecule has 1 aliphatic heterocycles. The lowest BCUT2D eigenvalue weighted by molar-refractivity contribution is 0.753. The Morgan fingerprint density at radius 2 is 0.930 bits per heavy atom. The number of fused-ring (bicyclic) bond motifs is 13. The minimum absolute atomic E-state index is 0.550. The van der Waals surface area contributed by atoms with Gasteiger partial charge in [0.25, 0.3) is 0 Å². The highest BCUT2D eigenvalue weighted by molar-refractivity contribution is 6.18. The molecule has 0 saturated heterocycles. The summed E-state index contributed by atoms with van der Waals surface area (Å²) in [6, 6.07) is 74.2. The van der Waals surface area contributed by atoms with Gasteiger partial charge in [0.2, 0.25) is 5.95 Å². The van der Waals surface area contributed by atoms with Crippen LogP contribution in [0.2, 0.25) is 0 Å². The Bertz CT molecular complexity index is 3080. The van der Waals surface area contributed by atoms with Gasteiger partial charge in [0.1, 0.15) is 0 Å². The van der Waals surface area contributed by atoms with E-state index >= 15 is 0 Å². The van der Waals surface area contributed by atoms with Crippen molar-refractivity contribution in [2.24, 2.45) is 0 Å². The highest BCUT2D eigenvalue weighted by Crippen LogP contribution is 2.64. The van der Waals surface area contributed by atoms with Crippen LogP contribution in [0.4, 0.5) is 17.1 Å². The Balaban J connectivity index is 1.19. The van der Waals surface area contributed by atoms with Gasteiger partial charge < -0.3 is 4.90 Å². The third-order valence-electron chi connectivity index (χ3n) is 12.0. The molecule has 57 heavy (non-hydrogen) atoms. The van der Waals surface area contributed by atoms with Crippen molar-refractivity contribution in [3.05, 3.63) is 229 Å². The van der Waals surface area contributed by atoms with Crippen molar-refractivity contribution >= 4 is 38.9 Å². The van der Waals surface area contributed by atoms with E-state index in [0.717, 1.165) is 39.2 Å². The van der Waals surface area contributed by atoms with Crippen LogP contribution in [0.3, 0.4) is 0 Å². The van der Waals surface area contributed by atoms with Gasteiger partial charge in [-0.05, 0) is 75.8 Å². The van der Waals surface area contributed by atoms with Crippen molar-refractivity contribution in [2.75, 3.05) is 4.90 Å². The average molecular weight is 727 g/mol. The Hall–Kier alpha value is -7.56. The molecule has 8 aromatic carbocycles. The van der Waals surface area contributed by atoms with Gasteiger partial charge in [-0.1, -0.05) is 164 Å². The zero-order valence-electron chi connectivity index (χ0n) is 30.9. The predicted octanol–water partition coefficient (Wildman–Crippen LogP) is 13.1. The predicted molar refractivity (Wildman–Crippen MR) is 233 cm³/mol. The lowest BCUT2D eigenvalue weighted by atomic mass is 9.64. The van der Waals surface area contributed by atoms with Crippen molar-refractivity contribution in [3.63, 3.8) is 0 Å². The van der Waals surface area contributed by atoms with Crippen LogP contribution in [-0.4, -0.2) is 14.5 Å². The third-order valence-corrected chi connectivity index (χ3v) is 12.0. The molecule has 4 nitrogen and oxygen atoms in total. The largest absolute Gasteiger partial charge is 0.310 e. The zero-order valence-corrected chi connectivity index (χ0v) is 30.9. The minimum atomic E-state index is -0.550. The fraction of sp³-hybridized carbons (Fsp3) is 0.0189. The van der Waals surface area contributed by atoms with Crippen molar-refractivity contribution in [2.45, 2.75) is 5.41 Å². The normalized spacial score (nSPS) is 13.4. The average Bonchev–Trinajstić information content (AvgIpc) is 3.78. The van der Waals surface area contributed by atoms with Crippen LogP contribution >= 0.6 is 0 Å². The number of rotatable bonds is 4. The Morgan fingerprint density at radius 1 is 0.404 bits per heavy atom. The summed E-state index contributed by atoms with van der Waals surface area (Å²) >= 11 is 0. The molecule has 3 heterocycles. The SMILES string of the molecule is c1ccc(-c2cc(-c3ccccc3)nc(-n3c4ccccc4c4c5c(ccc43)C3(c4ccccc4-5)c4ccccc4N(c4ccccc4)c4ccccc43)n2)cc1. The molecular formula is C53H34N4. The van der Waals surface area contributed by atoms with Crippen LogP contribution in [0.5, 0.6) is 0 Å². The number of hydrogen-bond donors (Lipinski definition) is 0. The molecule has 2 aliphatic rings. The van der Waals surface area contributed by atoms with Crippen molar-refractivity contribution in [1.82, 2.24) is 14.5 Å². The Kier molecular flexibility index (Phi) is 6.81. The second-order valence-corrected chi connectivity index (χ2v) is 14.9. The number of hydrogen-bond acceptors (Lipinski definition) is 3. The molecule has 0 amide bonds. The molecule has 0 saturated carbocycles. The topological polar surface area (TPSA) is 34.0 Å². The summed E-state index contributed by atoms with van der Waals surface area (Å²) in [6.45, 7) is 0. The maximum absolute atomic E-state index is 5.34. The van der Waals surface area contributed by atoms with Gasteiger partial charge in [-0.15, -0.1) is 0 Å². The molecule has 1 spiro atoms. The highest BCUT2D eigenvalue weighted by Gasteiger charge is 2.52. The maximum Gasteiger partial charge on any atom is 0.235 e. The van der Waals surface area contributed by atoms with Crippen LogP contribution in [0.25, 0.3) is 61.4 Å². The highest BCUT2D eigenvalue weighted by atomic mass is 15.2. The van der Waals surface area contributed by atoms with Gasteiger partial charge in [0, 0.05) is 27.6 Å². The Labute approximate surface area is 330 Å². The van der Waals surface area contributed by atoms with Crippen LogP contribution in [0.15, 0.2) is 206 Å². The van der Waals surface area contributed by atoms with Crippen LogP contribution < -0.4 is 4.90 Å². The second kappa shape index (κ2) is 12.2. The number of nitrogens with zero attached hydrogens (tertiary/aromatic N) is 4. The molecule has 0 atom stereocenters. The van der Waals surface area contributed by atoms with E-state index < -0.39 is 5.41 Å². The molecule has 4 heteroatoms. The first-order valence-corrected chi connectivity index (χ1v) is 19.5. The molecule has 0 unspecified atom stereocenters. The van der Waals surface area contributed by atoms with Gasteiger partial charge in [-0.25, -0.2) is 9.97 Å². The molecule has 0 fully saturated rings. The van der Waals surface area contributed by atoms with E-state index in [4.69, 9.17) is 9.97 Å². The van der Waals surface area contributed by atoms with E-state index in [9.17, 15) is 0 Å². The fourth-order valence-corrected chi connectivity index (χ4v) is 9.77. The van der Waals surface area contributed by atoms with E-state index in [1.165, 1.54) is 55.5 Å². The molecule has 0 bridgehead atoms. The van der Waals surface area contributed by atoms with Crippen molar-refractivity contribution in [1.29, 1.82) is 0 Å². The summed E-state index contributed by atoms with van der Waals surface area (Å²) < 4.78 is 2.28. The van der Waals surface area contributed by atoms with E-state index in [1.54, 1.807) is 0 Å². The van der Waals surface area contributed by atoms with Gasteiger partial charge in [0.05, 0.1) is 39.2 Å². The number of aromatic nitrogens is 3. The van der Waals surface area contributed by atoms with E-state index in [2.05, 4.69) is 204 Å². The first kappa shape index (κ1) is 31.8. The standard InChI is InChI=1S/C53H34N4/c1-4-18-35(19-5-1)44-34-45(36-20-6-2-7-21-36)55-52(54-44)57-46-29-15-11-25-39(46)51-49(57)33-32-43-50(51)38-24-10-12-26-40(38)53(43)41-27-13-16-30-47(41)56(37-22-8-3-9-23-37)48-31-17-14-28-42(48)53/h1-34H. The molecule has 2 aromatic heterocycles.